The van der Waals surface area contributed by atoms with Crippen molar-refractivity contribution in [1.82, 2.24) is 9.97 Å². The van der Waals surface area contributed by atoms with E-state index in [0.717, 1.165) is 22.0 Å². The lowest BCUT2D eigenvalue weighted by Crippen LogP contribution is -2.15. The number of rotatable bonds is 5. The Hall–Kier alpha value is -2.99. The summed E-state index contributed by atoms with van der Waals surface area (Å²) >= 11 is 0. The number of nitrogens with one attached hydrogen (secondary N) is 1. The van der Waals surface area contributed by atoms with Crippen LogP contribution >= 0.6 is 0 Å². The highest BCUT2D eigenvalue weighted by molar-refractivity contribution is 6.05. The van der Waals surface area contributed by atoms with Crippen molar-refractivity contribution in [1.29, 1.82) is 0 Å². The Balaban J connectivity index is 1.63. The summed E-state index contributed by atoms with van der Waals surface area (Å²) in [5.41, 5.74) is 3.02. The molecule has 2 aromatic carbocycles. The number of nitrogens with zero attached hydrogens (tertiary/aromatic N) is 2. The average molecular weight is 337 g/mol. The van der Waals surface area contributed by atoms with Crippen LogP contribution in [0.1, 0.15) is 11.7 Å². The third-order valence-electron chi connectivity index (χ3n) is 4.14. The van der Waals surface area contributed by atoms with Gasteiger partial charge in [0.2, 0.25) is 0 Å². The largest absolute Gasteiger partial charge is 0.450 e. The first kappa shape index (κ1) is 15.5. The van der Waals surface area contributed by atoms with Gasteiger partial charge in [0.1, 0.15) is 23.2 Å². The van der Waals surface area contributed by atoms with Crippen molar-refractivity contribution < 1.29 is 13.5 Å². The first-order chi connectivity index (χ1) is 12.3. The number of hydrogen-bond donors (Lipinski definition) is 1. The van der Waals surface area contributed by atoms with Crippen molar-refractivity contribution in [2.45, 2.75) is 6.10 Å². The molecular weight excluding hydrogens is 321 g/mol. The number of hydrogen-bond acceptors (Lipinski definition) is 5. The minimum Gasteiger partial charge on any atom is -0.450 e. The van der Waals surface area contributed by atoms with Gasteiger partial charge in [0.15, 0.2) is 11.4 Å². The quantitative estimate of drug-likeness (QED) is 0.588. The fourth-order valence-electron chi connectivity index (χ4n) is 2.85. The number of ether oxygens (including phenoxy) is 1. The van der Waals surface area contributed by atoms with E-state index in [2.05, 4.69) is 15.3 Å². The fraction of sp³-hybridized carbons (Fsp3) is 0.158. The maximum atomic E-state index is 13.1. The molecule has 5 nitrogen and oxygen atoms in total. The molecule has 0 aliphatic carbocycles. The maximum Gasteiger partial charge on any atom is 0.196 e. The molecule has 1 atom stereocenters. The van der Waals surface area contributed by atoms with Crippen molar-refractivity contribution in [2.24, 2.45) is 0 Å². The van der Waals surface area contributed by atoms with E-state index in [1.807, 2.05) is 24.3 Å². The van der Waals surface area contributed by atoms with Crippen LogP contribution in [0.3, 0.4) is 0 Å². The summed E-state index contributed by atoms with van der Waals surface area (Å²) in [6.07, 6.45) is 1.27. The molecule has 1 N–H and O–H groups in total. The van der Waals surface area contributed by atoms with Crippen LogP contribution in [0.4, 0.5) is 10.2 Å². The van der Waals surface area contributed by atoms with E-state index in [9.17, 15) is 4.39 Å². The summed E-state index contributed by atoms with van der Waals surface area (Å²) in [6.45, 7) is 0.464. The van der Waals surface area contributed by atoms with Crippen LogP contribution in [0.25, 0.3) is 22.1 Å². The van der Waals surface area contributed by atoms with Crippen molar-refractivity contribution in [2.75, 3.05) is 19.0 Å². The van der Waals surface area contributed by atoms with E-state index in [-0.39, 0.29) is 11.9 Å². The number of para-hydroxylation sites is 1. The summed E-state index contributed by atoms with van der Waals surface area (Å²) in [5, 5.41) is 4.20. The number of methoxy groups -OCH3 is 1. The minimum absolute atomic E-state index is 0.241. The van der Waals surface area contributed by atoms with Gasteiger partial charge in [0, 0.05) is 19.0 Å². The minimum atomic E-state index is -0.272. The SMILES string of the molecule is COC(CNc1ncnc2c1oc1ccccc12)c1ccc(F)cc1. The number of fused-ring (bicyclic) bond motifs is 3. The second-order valence-electron chi connectivity index (χ2n) is 5.66. The summed E-state index contributed by atoms with van der Waals surface area (Å²) in [5.74, 6) is 0.330. The van der Waals surface area contributed by atoms with Gasteiger partial charge >= 0.3 is 0 Å². The Bertz CT molecular complexity index is 1010. The molecule has 0 amide bonds. The van der Waals surface area contributed by atoms with Crippen molar-refractivity contribution in [3.05, 3.63) is 66.2 Å². The van der Waals surface area contributed by atoms with Crippen molar-refractivity contribution in [3.8, 4) is 0 Å². The summed E-state index contributed by atoms with van der Waals surface area (Å²) in [4.78, 5) is 8.61. The third kappa shape index (κ3) is 2.92. The molecule has 0 saturated heterocycles. The molecule has 0 radical (unpaired) electrons. The highest BCUT2D eigenvalue weighted by atomic mass is 19.1. The van der Waals surface area contributed by atoms with E-state index in [0.29, 0.717) is 17.9 Å². The monoisotopic (exact) mass is 337 g/mol. The van der Waals surface area contributed by atoms with Crippen molar-refractivity contribution >= 4 is 27.9 Å². The van der Waals surface area contributed by atoms with Crippen LogP contribution in [0.15, 0.2) is 59.3 Å². The number of aromatic nitrogens is 2. The van der Waals surface area contributed by atoms with Crippen LogP contribution in [-0.4, -0.2) is 23.6 Å². The highest BCUT2D eigenvalue weighted by Crippen LogP contribution is 2.30. The van der Waals surface area contributed by atoms with Gasteiger partial charge in [-0.05, 0) is 29.8 Å². The van der Waals surface area contributed by atoms with Crippen LogP contribution in [0.2, 0.25) is 0 Å². The molecule has 0 fully saturated rings. The second kappa shape index (κ2) is 6.49. The molecule has 0 aliphatic rings. The smallest absolute Gasteiger partial charge is 0.196 e. The molecule has 0 spiro atoms. The molecule has 126 valence electrons. The molecule has 0 saturated carbocycles. The number of anilines is 1. The van der Waals surface area contributed by atoms with Crippen LogP contribution in [0.5, 0.6) is 0 Å². The molecule has 25 heavy (non-hydrogen) atoms. The van der Waals surface area contributed by atoms with Gasteiger partial charge in [-0.1, -0.05) is 24.3 Å². The lowest BCUT2D eigenvalue weighted by Gasteiger charge is -2.16. The summed E-state index contributed by atoms with van der Waals surface area (Å²) < 4.78 is 24.5. The van der Waals surface area contributed by atoms with E-state index in [1.165, 1.54) is 18.5 Å². The predicted octanol–water partition coefficient (Wildman–Crippen LogP) is 4.31. The summed E-state index contributed by atoms with van der Waals surface area (Å²) in [7, 11) is 1.62. The zero-order chi connectivity index (χ0) is 17.2. The second-order valence-corrected chi connectivity index (χ2v) is 5.66. The lowest BCUT2D eigenvalue weighted by molar-refractivity contribution is 0.114. The standard InChI is InChI=1S/C19H16FN3O2/c1-24-16(12-6-8-13(20)9-7-12)10-21-19-18-17(22-11-23-19)14-4-2-3-5-15(14)25-18/h2-9,11,16H,10H2,1H3,(H,21,22,23). The topological polar surface area (TPSA) is 60.2 Å². The Morgan fingerprint density at radius 2 is 1.92 bits per heavy atom. The van der Waals surface area contributed by atoms with Gasteiger partial charge in [-0.15, -0.1) is 0 Å². The highest BCUT2D eigenvalue weighted by Gasteiger charge is 2.15. The Morgan fingerprint density at radius 1 is 1.12 bits per heavy atom. The molecule has 2 aromatic heterocycles. The van der Waals surface area contributed by atoms with E-state index >= 15 is 0 Å². The predicted molar refractivity (Wildman–Crippen MR) is 93.9 cm³/mol. The molecule has 0 bridgehead atoms. The molecule has 0 aliphatic heterocycles. The van der Waals surface area contributed by atoms with E-state index < -0.39 is 0 Å². The fourth-order valence-corrected chi connectivity index (χ4v) is 2.85. The summed E-state index contributed by atoms with van der Waals surface area (Å²) in [6, 6.07) is 14.0. The molecule has 6 heteroatoms. The Morgan fingerprint density at radius 3 is 2.72 bits per heavy atom. The van der Waals surface area contributed by atoms with Crippen LogP contribution in [-0.2, 0) is 4.74 Å². The van der Waals surface area contributed by atoms with Crippen molar-refractivity contribution in [3.63, 3.8) is 0 Å². The zero-order valence-corrected chi connectivity index (χ0v) is 13.6. The Labute approximate surface area is 143 Å². The molecular formula is C19H16FN3O2. The first-order valence-corrected chi connectivity index (χ1v) is 7.90. The molecule has 1 unspecified atom stereocenters. The first-order valence-electron chi connectivity index (χ1n) is 7.90. The molecule has 4 rings (SSSR count). The van der Waals surface area contributed by atoms with Gasteiger partial charge in [-0.25, -0.2) is 14.4 Å². The number of halogens is 1. The van der Waals surface area contributed by atoms with Crippen LogP contribution < -0.4 is 5.32 Å². The number of furan rings is 1. The third-order valence-corrected chi connectivity index (χ3v) is 4.14. The average Bonchev–Trinajstić information content (AvgIpc) is 3.03. The van der Waals surface area contributed by atoms with Crippen LogP contribution in [0, 0.1) is 5.82 Å². The van der Waals surface area contributed by atoms with Gasteiger partial charge in [0.25, 0.3) is 0 Å². The zero-order valence-electron chi connectivity index (χ0n) is 13.6. The van der Waals surface area contributed by atoms with E-state index in [4.69, 9.17) is 9.15 Å². The molecule has 2 heterocycles. The van der Waals surface area contributed by atoms with Gasteiger partial charge < -0.3 is 14.5 Å². The maximum absolute atomic E-state index is 13.1. The lowest BCUT2D eigenvalue weighted by atomic mass is 10.1. The van der Waals surface area contributed by atoms with Gasteiger partial charge in [-0.2, -0.15) is 0 Å². The van der Waals surface area contributed by atoms with E-state index in [1.54, 1.807) is 19.2 Å². The number of benzene rings is 2. The van der Waals surface area contributed by atoms with Gasteiger partial charge in [-0.3, -0.25) is 0 Å². The Kier molecular flexibility index (Phi) is 4.03. The molecule has 4 aromatic rings. The normalized spacial score (nSPS) is 12.6. The van der Waals surface area contributed by atoms with Gasteiger partial charge in [0.05, 0.1) is 6.10 Å².